The van der Waals surface area contributed by atoms with Crippen LogP contribution in [-0.2, 0) is 10.1 Å². The molecule has 26 heavy (non-hydrogen) atoms. The molecule has 0 aromatic carbocycles. The van der Waals surface area contributed by atoms with Crippen LogP contribution < -0.4 is 29.6 Å². The molecule has 0 fully saturated rings. The molecule has 2 unspecified atom stereocenters. The van der Waals surface area contributed by atoms with E-state index in [9.17, 15) is 18.1 Å². The summed E-state index contributed by atoms with van der Waals surface area (Å²) in [5, 5.41) is 8.50. The van der Waals surface area contributed by atoms with Crippen LogP contribution >= 0.6 is 0 Å². The van der Waals surface area contributed by atoms with E-state index in [0.717, 1.165) is 64.2 Å². The number of unbranched alkanes of at least 4 members (excludes halogenated alkanes) is 11. The van der Waals surface area contributed by atoms with Gasteiger partial charge in [0, 0.05) is 5.25 Å². The standard InChI is InChI=1S/C20H42O4S.Na/c1-3-4-5-6-7-11-14-17-20(25(22,23)24)18-15-12-9-8-10-13-16-19(2)21;/h19-21H,3-18H2,1-2H3,(H,22,23,24);/q;+1/p-1. The normalized spacial score (nSPS) is 14.0. The number of hydrogen-bond donors (Lipinski definition) is 1. The number of aliphatic hydroxyl groups excluding tert-OH is 1. The first kappa shape index (κ1) is 29.1. The van der Waals surface area contributed by atoms with E-state index in [4.69, 9.17) is 0 Å². The fraction of sp³-hybridized carbons (Fsp3) is 1.00. The maximum absolute atomic E-state index is 11.4. The molecule has 0 rings (SSSR count). The molecule has 0 radical (unpaired) electrons. The number of aliphatic hydroxyl groups is 1. The Morgan fingerprint density at radius 2 is 1.08 bits per heavy atom. The van der Waals surface area contributed by atoms with Gasteiger partial charge >= 0.3 is 29.6 Å². The molecule has 0 aliphatic carbocycles. The van der Waals surface area contributed by atoms with Crippen molar-refractivity contribution in [2.24, 2.45) is 0 Å². The minimum atomic E-state index is -4.15. The van der Waals surface area contributed by atoms with E-state index in [2.05, 4.69) is 6.92 Å². The van der Waals surface area contributed by atoms with Gasteiger partial charge in [0.25, 0.3) is 0 Å². The van der Waals surface area contributed by atoms with Crippen LogP contribution in [0.1, 0.15) is 117 Å². The number of hydrogen-bond acceptors (Lipinski definition) is 4. The van der Waals surface area contributed by atoms with Crippen LogP contribution in [0.2, 0.25) is 0 Å². The zero-order valence-electron chi connectivity index (χ0n) is 17.5. The summed E-state index contributed by atoms with van der Waals surface area (Å²) in [4.78, 5) is 0. The van der Waals surface area contributed by atoms with Gasteiger partial charge in [0.2, 0.25) is 0 Å². The minimum Gasteiger partial charge on any atom is -0.748 e. The second-order valence-corrected chi connectivity index (χ2v) is 9.22. The van der Waals surface area contributed by atoms with Gasteiger partial charge in [-0.3, -0.25) is 0 Å². The van der Waals surface area contributed by atoms with Crippen LogP contribution in [0.15, 0.2) is 0 Å². The summed E-state index contributed by atoms with van der Waals surface area (Å²) in [5.74, 6) is 0. The Kier molecular flexibility index (Phi) is 21.5. The molecule has 0 aromatic rings. The first-order valence-corrected chi connectivity index (χ1v) is 12.0. The Morgan fingerprint density at radius 3 is 1.42 bits per heavy atom. The van der Waals surface area contributed by atoms with Gasteiger partial charge in [0.15, 0.2) is 0 Å². The van der Waals surface area contributed by atoms with Crippen LogP contribution in [-0.4, -0.2) is 29.4 Å². The third-order valence-corrected chi connectivity index (χ3v) is 6.22. The molecule has 0 aromatic heterocycles. The predicted octanol–water partition coefficient (Wildman–Crippen LogP) is 2.55. The molecule has 0 saturated carbocycles. The van der Waals surface area contributed by atoms with E-state index in [-0.39, 0.29) is 35.7 Å². The summed E-state index contributed by atoms with van der Waals surface area (Å²) in [7, 11) is -4.15. The molecule has 0 aliphatic rings. The Labute approximate surface area is 185 Å². The largest absolute Gasteiger partial charge is 1.00 e. The average Bonchev–Trinajstić information content (AvgIpc) is 2.53. The molecule has 152 valence electrons. The van der Waals surface area contributed by atoms with Gasteiger partial charge in [0.1, 0.15) is 0 Å². The van der Waals surface area contributed by atoms with Gasteiger partial charge in [-0.05, 0) is 26.2 Å². The molecule has 0 aliphatic heterocycles. The van der Waals surface area contributed by atoms with Crippen molar-refractivity contribution in [2.75, 3.05) is 0 Å². The summed E-state index contributed by atoms with van der Waals surface area (Å²) in [6, 6.07) is 0. The Balaban J connectivity index is 0. The van der Waals surface area contributed by atoms with Gasteiger partial charge in [-0.25, -0.2) is 8.42 Å². The Bertz CT molecular complexity index is 385. The molecule has 6 heteroatoms. The van der Waals surface area contributed by atoms with Crippen LogP contribution in [0.25, 0.3) is 0 Å². The van der Waals surface area contributed by atoms with Crippen molar-refractivity contribution in [3.8, 4) is 0 Å². The summed E-state index contributed by atoms with van der Waals surface area (Å²) in [6.07, 6.45) is 15.9. The molecule has 1 N–H and O–H groups in total. The summed E-state index contributed by atoms with van der Waals surface area (Å²) < 4.78 is 34.3. The van der Waals surface area contributed by atoms with E-state index >= 15 is 0 Å². The van der Waals surface area contributed by atoms with Crippen LogP contribution in [0.3, 0.4) is 0 Å². The fourth-order valence-electron chi connectivity index (χ4n) is 3.28. The van der Waals surface area contributed by atoms with E-state index in [1.165, 1.54) is 25.7 Å². The van der Waals surface area contributed by atoms with E-state index in [1.54, 1.807) is 0 Å². The van der Waals surface area contributed by atoms with Crippen LogP contribution in [0.5, 0.6) is 0 Å². The topological polar surface area (TPSA) is 77.4 Å². The van der Waals surface area contributed by atoms with Crippen molar-refractivity contribution in [1.29, 1.82) is 0 Å². The molecule has 0 spiro atoms. The minimum absolute atomic E-state index is 0. The first-order valence-electron chi connectivity index (χ1n) is 10.5. The monoisotopic (exact) mass is 400 g/mol. The van der Waals surface area contributed by atoms with Gasteiger partial charge < -0.3 is 9.66 Å². The molecule has 0 bridgehead atoms. The summed E-state index contributed by atoms with van der Waals surface area (Å²) >= 11 is 0. The Hall–Kier alpha value is 0.870. The third kappa shape index (κ3) is 19.6. The quantitative estimate of drug-likeness (QED) is 0.218. The SMILES string of the molecule is CCCCCCCCCC(CCCCCCCCC(C)O)S(=O)(=O)[O-].[Na+]. The molecule has 4 nitrogen and oxygen atoms in total. The van der Waals surface area contributed by atoms with Gasteiger partial charge in [-0.1, -0.05) is 90.4 Å². The predicted molar refractivity (Wildman–Crippen MR) is 105 cm³/mol. The first-order chi connectivity index (χ1) is 11.9. The van der Waals surface area contributed by atoms with Crippen molar-refractivity contribution in [3.05, 3.63) is 0 Å². The van der Waals surface area contributed by atoms with Crippen molar-refractivity contribution in [3.63, 3.8) is 0 Å². The second kappa shape index (κ2) is 19.2. The second-order valence-electron chi connectivity index (χ2n) is 7.57. The van der Waals surface area contributed by atoms with E-state index in [1.807, 2.05) is 6.92 Å². The molecule has 0 amide bonds. The number of rotatable bonds is 18. The van der Waals surface area contributed by atoms with Gasteiger partial charge in [-0.2, -0.15) is 0 Å². The maximum Gasteiger partial charge on any atom is 1.00 e. The molecule has 0 saturated heterocycles. The Morgan fingerprint density at radius 1 is 0.731 bits per heavy atom. The van der Waals surface area contributed by atoms with Crippen molar-refractivity contribution in [1.82, 2.24) is 0 Å². The zero-order chi connectivity index (χ0) is 19.0. The van der Waals surface area contributed by atoms with Crippen molar-refractivity contribution >= 4 is 10.1 Å². The fourth-order valence-corrected chi connectivity index (χ4v) is 4.19. The van der Waals surface area contributed by atoms with Crippen molar-refractivity contribution in [2.45, 2.75) is 128 Å². The van der Waals surface area contributed by atoms with E-state index < -0.39 is 15.4 Å². The van der Waals surface area contributed by atoms with Crippen LogP contribution in [0.4, 0.5) is 0 Å². The smallest absolute Gasteiger partial charge is 0.748 e. The third-order valence-electron chi connectivity index (χ3n) is 4.94. The van der Waals surface area contributed by atoms with Gasteiger partial charge in [0.05, 0.1) is 16.2 Å². The van der Waals surface area contributed by atoms with Crippen molar-refractivity contribution < 1.29 is 47.6 Å². The molecule has 0 heterocycles. The van der Waals surface area contributed by atoms with Gasteiger partial charge in [-0.15, -0.1) is 0 Å². The molecular formula is C20H41NaO4S. The maximum atomic E-state index is 11.4. The molecule has 2 atom stereocenters. The average molecular weight is 401 g/mol. The summed E-state index contributed by atoms with van der Waals surface area (Å²) in [6.45, 7) is 4.01. The molecular weight excluding hydrogens is 359 g/mol. The van der Waals surface area contributed by atoms with Crippen LogP contribution in [0, 0.1) is 0 Å². The zero-order valence-corrected chi connectivity index (χ0v) is 20.4. The van der Waals surface area contributed by atoms with E-state index in [0.29, 0.717) is 12.8 Å². The summed E-state index contributed by atoms with van der Waals surface area (Å²) in [5.41, 5.74) is 0.